The molecule has 0 bridgehead atoms. The van der Waals surface area contributed by atoms with Gasteiger partial charge in [0, 0.05) is 18.3 Å². The highest BCUT2D eigenvalue weighted by molar-refractivity contribution is 5.92. The van der Waals surface area contributed by atoms with Crippen LogP contribution in [0, 0.1) is 5.92 Å². The smallest absolute Gasteiger partial charge is 0.246 e. The van der Waals surface area contributed by atoms with E-state index in [0.29, 0.717) is 11.4 Å². The normalized spacial score (nSPS) is 11.7. The second-order valence-corrected chi connectivity index (χ2v) is 5.40. The number of aromatic nitrogens is 3. The highest BCUT2D eigenvalue weighted by Gasteiger charge is 2.13. The van der Waals surface area contributed by atoms with Gasteiger partial charge >= 0.3 is 0 Å². The van der Waals surface area contributed by atoms with Gasteiger partial charge in [0.1, 0.15) is 6.54 Å². The van der Waals surface area contributed by atoms with E-state index in [9.17, 15) is 9.59 Å². The van der Waals surface area contributed by atoms with Gasteiger partial charge in [0.25, 0.3) is 0 Å². The molecule has 2 aromatic heterocycles. The topological polar surface area (TPSA) is 88.9 Å². The molecule has 0 saturated carbocycles. The first-order valence-corrected chi connectivity index (χ1v) is 7.61. The molecule has 23 heavy (non-hydrogen) atoms. The predicted molar refractivity (Wildman–Crippen MR) is 87.8 cm³/mol. The van der Waals surface area contributed by atoms with Crippen LogP contribution < -0.4 is 10.6 Å². The van der Waals surface area contributed by atoms with Gasteiger partial charge in [0.05, 0.1) is 23.8 Å². The Kier molecular flexibility index (Phi) is 5.85. The lowest BCUT2D eigenvalue weighted by molar-refractivity contribution is -0.119. The summed E-state index contributed by atoms with van der Waals surface area (Å²) in [6.07, 6.45) is 8.18. The summed E-state index contributed by atoms with van der Waals surface area (Å²) in [7, 11) is 0. The molecule has 0 radical (unpaired) electrons. The van der Waals surface area contributed by atoms with Crippen LogP contribution in [0.1, 0.15) is 26.7 Å². The van der Waals surface area contributed by atoms with E-state index in [2.05, 4.69) is 20.7 Å². The fourth-order valence-electron chi connectivity index (χ4n) is 2.13. The van der Waals surface area contributed by atoms with Crippen molar-refractivity contribution in [1.82, 2.24) is 14.8 Å². The molecule has 2 N–H and O–H groups in total. The lowest BCUT2D eigenvalue weighted by Gasteiger charge is -2.09. The summed E-state index contributed by atoms with van der Waals surface area (Å²) in [5.41, 5.74) is 1.22. The maximum atomic E-state index is 11.9. The molecule has 2 heterocycles. The van der Waals surface area contributed by atoms with E-state index in [1.165, 1.54) is 10.9 Å². The third-order valence-electron chi connectivity index (χ3n) is 3.32. The fraction of sp³-hybridized carbons (Fsp3) is 0.375. The van der Waals surface area contributed by atoms with Gasteiger partial charge in [0.15, 0.2) is 0 Å². The Labute approximate surface area is 135 Å². The molecule has 2 aromatic rings. The molecule has 2 rings (SSSR count). The summed E-state index contributed by atoms with van der Waals surface area (Å²) in [6.45, 7) is 4.00. The number of pyridine rings is 1. The second-order valence-electron chi connectivity index (χ2n) is 5.40. The Morgan fingerprint density at radius 1 is 1.26 bits per heavy atom. The minimum Gasteiger partial charge on any atom is -0.323 e. The Morgan fingerprint density at radius 2 is 2.09 bits per heavy atom. The van der Waals surface area contributed by atoms with Crippen molar-refractivity contribution in [3.05, 3.63) is 36.9 Å². The molecule has 0 saturated heterocycles. The van der Waals surface area contributed by atoms with Crippen LogP contribution in [0.2, 0.25) is 0 Å². The van der Waals surface area contributed by atoms with Gasteiger partial charge in [-0.05, 0) is 18.6 Å². The van der Waals surface area contributed by atoms with Gasteiger partial charge in [-0.1, -0.05) is 20.3 Å². The minimum atomic E-state index is -0.210. The number of nitrogens with zero attached hydrogens (tertiary/aromatic N) is 3. The number of hydrogen-bond acceptors (Lipinski definition) is 4. The van der Waals surface area contributed by atoms with Crippen molar-refractivity contribution in [3.8, 4) is 0 Å². The Balaban J connectivity index is 1.87. The van der Waals surface area contributed by atoms with E-state index in [-0.39, 0.29) is 24.3 Å². The van der Waals surface area contributed by atoms with Crippen LogP contribution in [-0.4, -0.2) is 26.6 Å². The maximum absolute atomic E-state index is 11.9. The lowest BCUT2D eigenvalue weighted by Crippen LogP contribution is -2.20. The number of anilines is 2. The van der Waals surface area contributed by atoms with E-state index >= 15 is 0 Å². The van der Waals surface area contributed by atoms with Gasteiger partial charge in [-0.3, -0.25) is 19.3 Å². The molecular formula is C16H21N5O2. The van der Waals surface area contributed by atoms with Crippen LogP contribution in [-0.2, 0) is 16.1 Å². The van der Waals surface area contributed by atoms with Crippen molar-refractivity contribution in [2.75, 3.05) is 10.6 Å². The van der Waals surface area contributed by atoms with Crippen LogP contribution in [0.15, 0.2) is 36.9 Å². The van der Waals surface area contributed by atoms with Crippen molar-refractivity contribution in [3.63, 3.8) is 0 Å². The molecule has 0 spiro atoms. The largest absolute Gasteiger partial charge is 0.323 e. The fourth-order valence-corrected chi connectivity index (χ4v) is 2.13. The second kappa shape index (κ2) is 8.07. The highest BCUT2D eigenvalue weighted by Crippen LogP contribution is 2.11. The maximum Gasteiger partial charge on any atom is 0.246 e. The van der Waals surface area contributed by atoms with Crippen molar-refractivity contribution in [2.24, 2.45) is 5.92 Å². The van der Waals surface area contributed by atoms with Crippen molar-refractivity contribution < 1.29 is 9.59 Å². The standard InChI is InChI=1S/C16H21N5O2/c1-3-5-12(2)16(23)20-14-9-18-21(10-14)11-15(22)19-13-6-4-7-17-8-13/h4,6-10,12H,3,5,11H2,1-2H3,(H,19,22)(H,20,23). The van der Waals surface area contributed by atoms with E-state index in [1.54, 1.807) is 30.7 Å². The number of amides is 2. The first-order valence-electron chi connectivity index (χ1n) is 7.61. The van der Waals surface area contributed by atoms with E-state index in [4.69, 9.17) is 0 Å². The molecule has 122 valence electrons. The molecule has 1 unspecified atom stereocenters. The molecule has 0 aliphatic heterocycles. The summed E-state index contributed by atoms with van der Waals surface area (Å²) in [6, 6.07) is 3.50. The van der Waals surface area contributed by atoms with Gasteiger partial charge in [-0.25, -0.2) is 0 Å². The summed E-state index contributed by atoms with van der Waals surface area (Å²) in [5.74, 6) is -0.290. The predicted octanol–water partition coefficient (Wildman–Crippen LogP) is 2.29. The zero-order chi connectivity index (χ0) is 16.7. The number of carbonyl (C=O) groups excluding carboxylic acids is 2. The van der Waals surface area contributed by atoms with E-state index in [1.807, 2.05) is 13.8 Å². The highest BCUT2D eigenvalue weighted by atomic mass is 16.2. The average molecular weight is 315 g/mol. The molecular weight excluding hydrogens is 294 g/mol. The van der Waals surface area contributed by atoms with Gasteiger partial charge in [-0.15, -0.1) is 0 Å². The minimum absolute atomic E-state index is 0.0359. The zero-order valence-electron chi connectivity index (χ0n) is 13.3. The van der Waals surface area contributed by atoms with Crippen LogP contribution in [0.25, 0.3) is 0 Å². The summed E-state index contributed by atoms with van der Waals surface area (Å²) < 4.78 is 1.48. The third-order valence-corrected chi connectivity index (χ3v) is 3.32. The van der Waals surface area contributed by atoms with Crippen molar-refractivity contribution >= 4 is 23.2 Å². The summed E-state index contributed by atoms with van der Waals surface area (Å²) in [4.78, 5) is 27.8. The number of rotatable bonds is 7. The Hall–Kier alpha value is -2.70. The average Bonchev–Trinajstić information content (AvgIpc) is 2.95. The molecule has 0 aromatic carbocycles. The first-order chi connectivity index (χ1) is 11.1. The summed E-state index contributed by atoms with van der Waals surface area (Å²) >= 11 is 0. The third kappa shape index (κ3) is 5.21. The Morgan fingerprint density at radius 3 is 2.78 bits per heavy atom. The van der Waals surface area contributed by atoms with Crippen molar-refractivity contribution in [1.29, 1.82) is 0 Å². The van der Waals surface area contributed by atoms with E-state index < -0.39 is 0 Å². The lowest BCUT2D eigenvalue weighted by atomic mass is 10.1. The van der Waals surface area contributed by atoms with Crippen LogP contribution in [0.3, 0.4) is 0 Å². The molecule has 0 fully saturated rings. The monoisotopic (exact) mass is 315 g/mol. The van der Waals surface area contributed by atoms with Gasteiger partial charge in [-0.2, -0.15) is 5.10 Å². The van der Waals surface area contributed by atoms with E-state index in [0.717, 1.165) is 12.8 Å². The SMILES string of the molecule is CCCC(C)C(=O)Nc1cnn(CC(=O)Nc2cccnc2)c1. The quantitative estimate of drug-likeness (QED) is 0.820. The zero-order valence-corrected chi connectivity index (χ0v) is 13.3. The number of carbonyl (C=O) groups is 2. The first kappa shape index (κ1) is 16.7. The van der Waals surface area contributed by atoms with Crippen LogP contribution >= 0.6 is 0 Å². The molecule has 0 aliphatic rings. The van der Waals surface area contributed by atoms with Gasteiger partial charge in [0.2, 0.25) is 11.8 Å². The number of nitrogens with one attached hydrogen (secondary N) is 2. The molecule has 0 aliphatic carbocycles. The molecule has 7 nitrogen and oxygen atoms in total. The van der Waals surface area contributed by atoms with Crippen LogP contribution in [0.4, 0.5) is 11.4 Å². The molecule has 1 atom stereocenters. The van der Waals surface area contributed by atoms with Crippen LogP contribution in [0.5, 0.6) is 0 Å². The Bertz CT molecular complexity index is 654. The molecule has 7 heteroatoms. The number of hydrogen-bond donors (Lipinski definition) is 2. The van der Waals surface area contributed by atoms with Gasteiger partial charge < -0.3 is 10.6 Å². The molecule has 2 amide bonds. The summed E-state index contributed by atoms with van der Waals surface area (Å²) in [5, 5.41) is 9.61. The van der Waals surface area contributed by atoms with Crippen molar-refractivity contribution in [2.45, 2.75) is 33.2 Å².